The number of ketones is 1. The lowest BCUT2D eigenvalue weighted by atomic mass is 9.93. The molecule has 0 bridgehead atoms. The van der Waals surface area contributed by atoms with Gasteiger partial charge in [0.05, 0.1) is 12.9 Å². The number of hydrogen-bond acceptors (Lipinski definition) is 6. The molecule has 0 amide bonds. The van der Waals surface area contributed by atoms with Crippen LogP contribution in [0.4, 0.5) is 0 Å². The van der Waals surface area contributed by atoms with Gasteiger partial charge in [0.1, 0.15) is 5.75 Å². The van der Waals surface area contributed by atoms with Crippen LogP contribution in [-0.2, 0) is 0 Å². The molecule has 2 aromatic heterocycles. The molecule has 2 heterocycles. The normalized spacial score (nSPS) is 10.9. The van der Waals surface area contributed by atoms with Crippen molar-refractivity contribution in [1.82, 2.24) is 19.7 Å². The van der Waals surface area contributed by atoms with E-state index in [1.807, 2.05) is 60.9 Å². The molecule has 0 aliphatic carbocycles. The highest BCUT2D eigenvalue weighted by Crippen LogP contribution is 2.30. The number of carbonyl (C=O) groups is 1. The van der Waals surface area contributed by atoms with Crippen LogP contribution in [0, 0.1) is 27.7 Å². The number of carbonyl (C=O) groups excluding carboxylic acids is 1. The summed E-state index contributed by atoms with van der Waals surface area (Å²) < 4.78 is 7.26. The van der Waals surface area contributed by atoms with Gasteiger partial charge in [0.15, 0.2) is 16.8 Å². The monoisotopic (exact) mass is 458 g/mol. The van der Waals surface area contributed by atoms with E-state index < -0.39 is 0 Å². The number of rotatable bonds is 7. The van der Waals surface area contributed by atoms with Crippen LogP contribution in [0.25, 0.3) is 17.1 Å². The van der Waals surface area contributed by atoms with Crippen molar-refractivity contribution in [2.24, 2.45) is 0 Å². The Labute approximate surface area is 198 Å². The third kappa shape index (κ3) is 4.54. The van der Waals surface area contributed by atoms with Crippen LogP contribution in [0.5, 0.6) is 5.75 Å². The van der Waals surface area contributed by atoms with Crippen LogP contribution >= 0.6 is 11.8 Å². The number of aryl methyl sites for hydroxylation is 1. The lowest BCUT2D eigenvalue weighted by Gasteiger charge is -2.14. The zero-order chi connectivity index (χ0) is 23.5. The van der Waals surface area contributed by atoms with E-state index in [0.29, 0.717) is 11.0 Å². The topological polar surface area (TPSA) is 69.9 Å². The molecule has 0 spiro atoms. The predicted octanol–water partition coefficient (Wildman–Crippen LogP) is 5.55. The van der Waals surface area contributed by atoms with Gasteiger partial charge in [-0.05, 0) is 92.4 Å². The average molecular weight is 459 g/mol. The van der Waals surface area contributed by atoms with E-state index >= 15 is 0 Å². The maximum Gasteiger partial charge on any atom is 0.196 e. The second kappa shape index (κ2) is 9.58. The third-order valence-corrected chi connectivity index (χ3v) is 6.95. The third-order valence-electron chi connectivity index (χ3n) is 6.02. The van der Waals surface area contributed by atoms with Crippen molar-refractivity contribution in [3.8, 4) is 22.8 Å². The van der Waals surface area contributed by atoms with E-state index in [9.17, 15) is 4.79 Å². The molecule has 0 aliphatic heterocycles. The molecule has 4 aromatic rings. The highest BCUT2D eigenvalue weighted by molar-refractivity contribution is 7.99. The molecule has 0 atom stereocenters. The molecule has 0 radical (unpaired) electrons. The van der Waals surface area contributed by atoms with Gasteiger partial charge in [0.25, 0.3) is 0 Å². The van der Waals surface area contributed by atoms with Gasteiger partial charge in [-0.25, -0.2) is 0 Å². The van der Waals surface area contributed by atoms with Gasteiger partial charge in [0, 0.05) is 29.2 Å². The van der Waals surface area contributed by atoms with Gasteiger partial charge < -0.3 is 4.74 Å². The Kier molecular flexibility index (Phi) is 6.60. The molecule has 6 nitrogen and oxygen atoms in total. The largest absolute Gasteiger partial charge is 0.497 e. The Morgan fingerprint density at radius 1 is 0.939 bits per heavy atom. The minimum atomic E-state index is 0.0819. The molecular weight excluding hydrogens is 432 g/mol. The van der Waals surface area contributed by atoms with Crippen molar-refractivity contribution < 1.29 is 9.53 Å². The van der Waals surface area contributed by atoms with E-state index in [2.05, 4.69) is 29.0 Å². The Morgan fingerprint density at radius 3 is 2.30 bits per heavy atom. The van der Waals surface area contributed by atoms with Crippen molar-refractivity contribution in [2.75, 3.05) is 12.9 Å². The smallest absolute Gasteiger partial charge is 0.196 e. The van der Waals surface area contributed by atoms with Crippen molar-refractivity contribution in [2.45, 2.75) is 32.9 Å². The highest BCUT2D eigenvalue weighted by Gasteiger charge is 2.19. The number of thioether (sulfide) groups is 1. The Hall–Kier alpha value is -3.45. The molecule has 0 N–H and O–H groups in total. The first-order valence-electron chi connectivity index (χ1n) is 10.6. The number of benzene rings is 2. The Morgan fingerprint density at radius 2 is 1.64 bits per heavy atom. The number of nitrogens with zero attached hydrogens (tertiary/aromatic N) is 4. The lowest BCUT2D eigenvalue weighted by molar-refractivity contribution is 0.102. The zero-order valence-corrected chi connectivity index (χ0v) is 20.2. The molecule has 4 rings (SSSR count). The molecule has 168 valence electrons. The van der Waals surface area contributed by atoms with Crippen LogP contribution in [0.2, 0.25) is 0 Å². The number of methoxy groups -OCH3 is 1. The summed E-state index contributed by atoms with van der Waals surface area (Å²) in [7, 11) is 1.64. The Bertz CT molecular complexity index is 1300. The van der Waals surface area contributed by atoms with Gasteiger partial charge in [-0.3, -0.25) is 14.3 Å². The van der Waals surface area contributed by atoms with E-state index in [1.165, 1.54) is 22.9 Å². The minimum Gasteiger partial charge on any atom is -0.497 e. The number of hydrogen-bond donors (Lipinski definition) is 0. The van der Waals surface area contributed by atoms with Gasteiger partial charge in [-0.15, -0.1) is 10.2 Å². The van der Waals surface area contributed by atoms with Gasteiger partial charge in [0.2, 0.25) is 0 Å². The molecule has 0 unspecified atom stereocenters. The van der Waals surface area contributed by atoms with Crippen LogP contribution in [0.3, 0.4) is 0 Å². The predicted molar refractivity (Wildman–Crippen MR) is 132 cm³/mol. The van der Waals surface area contributed by atoms with Crippen LogP contribution in [0.1, 0.15) is 32.6 Å². The van der Waals surface area contributed by atoms with Gasteiger partial charge in [-0.2, -0.15) is 0 Å². The highest BCUT2D eigenvalue weighted by atomic mass is 32.2. The second-order valence-corrected chi connectivity index (χ2v) is 8.85. The van der Waals surface area contributed by atoms with Crippen LogP contribution in [0.15, 0.2) is 60.0 Å². The summed E-state index contributed by atoms with van der Waals surface area (Å²) in [4.78, 5) is 17.3. The summed E-state index contributed by atoms with van der Waals surface area (Å²) in [6.07, 6.45) is 3.45. The summed E-state index contributed by atoms with van der Waals surface area (Å²) in [5.74, 6) is 1.81. The van der Waals surface area contributed by atoms with Crippen molar-refractivity contribution in [3.05, 3.63) is 82.7 Å². The van der Waals surface area contributed by atoms with Crippen LogP contribution in [-0.4, -0.2) is 38.4 Å². The first-order valence-corrected chi connectivity index (χ1v) is 11.6. The van der Waals surface area contributed by atoms with Crippen molar-refractivity contribution >= 4 is 17.5 Å². The summed E-state index contributed by atoms with van der Waals surface area (Å²) in [5.41, 5.74) is 7.13. The molecule has 7 heteroatoms. The molecule has 33 heavy (non-hydrogen) atoms. The zero-order valence-electron chi connectivity index (χ0n) is 19.4. The van der Waals surface area contributed by atoms with Crippen LogP contribution < -0.4 is 4.74 Å². The Balaban J connectivity index is 1.68. The van der Waals surface area contributed by atoms with Crippen molar-refractivity contribution in [3.63, 3.8) is 0 Å². The molecular formula is C26H26N4O2S. The molecule has 0 aliphatic rings. The van der Waals surface area contributed by atoms with E-state index in [1.54, 1.807) is 19.5 Å². The number of Topliss-reactive ketones (excluding diaryl/α,β-unsaturated/α-hetero) is 1. The minimum absolute atomic E-state index is 0.0819. The molecule has 2 aromatic carbocycles. The molecule has 0 saturated carbocycles. The van der Waals surface area contributed by atoms with Gasteiger partial charge in [-0.1, -0.05) is 11.8 Å². The second-order valence-electron chi connectivity index (χ2n) is 7.90. The summed E-state index contributed by atoms with van der Waals surface area (Å²) in [6.45, 7) is 8.23. The summed E-state index contributed by atoms with van der Waals surface area (Å²) in [5, 5.41) is 9.51. The van der Waals surface area contributed by atoms with Crippen molar-refractivity contribution in [1.29, 1.82) is 0 Å². The van der Waals surface area contributed by atoms with E-state index in [0.717, 1.165) is 33.7 Å². The van der Waals surface area contributed by atoms with E-state index in [-0.39, 0.29) is 11.5 Å². The van der Waals surface area contributed by atoms with E-state index in [4.69, 9.17) is 4.74 Å². The summed E-state index contributed by atoms with van der Waals surface area (Å²) in [6, 6.07) is 13.5. The maximum absolute atomic E-state index is 13.2. The fourth-order valence-corrected chi connectivity index (χ4v) is 4.56. The maximum atomic E-state index is 13.2. The first kappa shape index (κ1) is 22.7. The fraction of sp³-hybridized carbons (Fsp3) is 0.231. The average Bonchev–Trinajstić information content (AvgIpc) is 3.28. The quantitative estimate of drug-likeness (QED) is 0.267. The number of pyridine rings is 1. The number of aromatic nitrogens is 4. The fourth-order valence-electron chi connectivity index (χ4n) is 3.72. The molecule has 0 fully saturated rings. The first-order chi connectivity index (χ1) is 15.9. The standard InChI is InChI=1S/C26H26N4O2S/c1-16-14-23(19(4)18(3)17(16)2)24(31)15-33-26-29-28-25(20-10-12-27-13-11-20)30(26)21-6-8-22(32-5)9-7-21/h6-14H,15H2,1-5H3. The lowest BCUT2D eigenvalue weighted by Crippen LogP contribution is -2.09. The molecule has 0 saturated heterocycles. The number of ether oxygens (including phenoxy) is 1. The van der Waals surface area contributed by atoms with Gasteiger partial charge >= 0.3 is 0 Å². The summed E-state index contributed by atoms with van der Waals surface area (Å²) >= 11 is 1.39. The SMILES string of the molecule is COc1ccc(-n2c(SCC(=O)c3cc(C)c(C)c(C)c3C)nnc2-c2ccncc2)cc1.